The number of nitrogens with one attached hydrogen (secondary N) is 2. The van der Waals surface area contributed by atoms with Gasteiger partial charge in [-0.15, -0.1) is 0 Å². The molecule has 0 aliphatic carbocycles. The van der Waals surface area contributed by atoms with Crippen LogP contribution < -0.4 is 10.0 Å². The summed E-state index contributed by atoms with van der Waals surface area (Å²) in [5.41, 5.74) is 2.01. The van der Waals surface area contributed by atoms with Crippen LogP contribution in [0.2, 0.25) is 0 Å². The number of phenols is 1. The molecule has 0 radical (unpaired) electrons. The van der Waals surface area contributed by atoms with E-state index in [1.165, 1.54) is 42.2 Å². The van der Waals surface area contributed by atoms with Crippen molar-refractivity contribution in [3.05, 3.63) is 72.2 Å². The Balaban J connectivity index is 1.63. The third-order valence-corrected chi connectivity index (χ3v) is 6.17. The number of phenolic OH excluding ortho intramolecular Hbond substituents is 1. The van der Waals surface area contributed by atoms with E-state index in [4.69, 9.17) is 4.74 Å². The largest absolute Gasteiger partial charge is 0.506 e. The molecule has 0 spiro atoms. The minimum atomic E-state index is -3.85. The second-order valence-corrected chi connectivity index (χ2v) is 8.52. The second-order valence-electron chi connectivity index (χ2n) is 6.84. The van der Waals surface area contributed by atoms with Crippen molar-refractivity contribution < 1.29 is 23.1 Å². The number of aromatic hydroxyl groups is 1. The number of benzene rings is 2. The van der Waals surface area contributed by atoms with Crippen molar-refractivity contribution in [3.8, 4) is 5.75 Å². The van der Waals surface area contributed by atoms with Crippen LogP contribution in [0.5, 0.6) is 5.75 Å². The fraction of sp³-hybridized carbons (Fsp3) is 0.0952. The lowest BCUT2D eigenvalue weighted by Crippen LogP contribution is -2.12. The van der Waals surface area contributed by atoms with Gasteiger partial charge in [0.2, 0.25) is 0 Å². The quantitative estimate of drug-likeness (QED) is 0.299. The van der Waals surface area contributed by atoms with E-state index in [-0.39, 0.29) is 16.3 Å². The molecule has 0 bridgehead atoms. The summed E-state index contributed by atoms with van der Waals surface area (Å²) in [5, 5.41) is 17.6. The maximum Gasteiger partial charge on any atom is 0.339 e. The average Bonchev–Trinajstić information content (AvgIpc) is 3.13. The summed E-state index contributed by atoms with van der Waals surface area (Å²) in [7, 11) is -2.55. The molecule has 0 aliphatic rings. The van der Waals surface area contributed by atoms with Gasteiger partial charge in [0.25, 0.3) is 10.0 Å². The number of nitrogens with zero attached hydrogens (tertiary/aromatic N) is 3. The Bertz CT molecular complexity index is 1420. The van der Waals surface area contributed by atoms with Gasteiger partial charge in [0.05, 0.1) is 23.3 Å². The predicted octanol–water partition coefficient (Wildman–Crippen LogP) is 3.07. The number of ether oxygens (including phenoxy) is 1. The Hall–Kier alpha value is -4.12. The summed E-state index contributed by atoms with van der Waals surface area (Å²) >= 11 is 0. The Morgan fingerprint density at radius 2 is 1.91 bits per heavy atom. The zero-order valence-electron chi connectivity index (χ0n) is 17.1. The minimum absolute atomic E-state index is 0.0269. The molecular weight excluding hydrogens is 434 g/mol. The molecule has 0 unspecified atom stereocenters. The maximum absolute atomic E-state index is 12.5. The van der Waals surface area contributed by atoms with Crippen LogP contribution >= 0.6 is 0 Å². The zero-order chi connectivity index (χ0) is 22.9. The molecule has 3 N–H and O–H groups in total. The molecule has 2 aromatic carbocycles. The number of hydrogen-bond donors (Lipinski definition) is 3. The Morgan fingerprint density at radius 1 is 1.16 bits per heavy atom. The molecule has 0 fully saturated rings. The normalized spacial score (nSPS) is 11.3. The Morgan fingerprint density at radius 3 is 2.59 bits per heavy atom. The highest BCUT2D eigenvalue weighted by Crippen LogP contribution is 2.31. The molecule has 4 rings (SSSR count). The molecule has 0 amide bonds. The summed E-state index contributed by atoms with van der Waals surface area (Å²) in [6.45, 7) is 1.75. The number of rotatable bonds is 6. The lowest BCUT2D eigenvalue weighted by molar-refractivity contribution is 0.0600. The average molecular weight is 453 g/mol. The molecule has 2 aromatic heterocycles. The monoisotopic (exact) mass is 453 g/mol. The summed E-state index contributed by atoms with van der Waals surface area (Å²) in [6.07, 6.45) is 2.86. The first-order valence-corrected chi connectivity index (χ1v) is 10.9. The van der Waals surface area contributed by atoms with Crippen molar-refractivity contribution in [1.29, 1.82) is 0 Å². The lowest BCUT2D eigenvalue weighted by atomic mass is 10.2. The molecule has 0 saturated carbocycles. The molecule has 32 heavy (non-hydrogen) atoms. The molecule has 0 atom stereocenters. The van der Waals surface area contributed by atoms with Crippen LogP contribution in [0.25, 0.3) is 5.52 Å². The highest BCUT2D eigenvalue weighted by Gasteiger charge is 2.19. The van der Waals surface area contributed by atoms with E-state index in [0.717, 1.165) is 0 Å². The van der Waals surface area contributed by atoms with Crippen LogP contribution in [0.3, 0.4) is 0 Å². The van der Waals surface area contributed by atoms with Crippen molar-refractivity contribution in [3.63, 3.8) is 0 Å². The van der Waals surface area contributed by atoms with Gasteiger partial charge in [0, 0.05) is 18.0 Å². The predicted molar refractivity (Wildman–Crippen MR) is 118 cm³/mol. The Labute approximate surface area is 183 Å². The third-order valence-electron chi connectivity index (χ3n) is 4.79. The van der Waals surface area contributed by atoms with Crippen LogP contribution in [0.15, 0.2) is 66.0 Å². The fourth-order valence-corrected chi connectivity index (χ4v) is 4.30. The number of aryl methyl sites for hydroxylation is 1. The van der Waals surface area contributed by atoms with E-state index >= 15 is 0 Å². The number of carbonyl (C=O) groups excluding carboxylic acids is 1. The summed E-state index contributed by atoms with van der Waals surface area (Å²) < 4.78 is 33.7. The number of methoxy groups -OCH3 is 1. The number of esters is 1. The van der Waals surface area contributed by atoms with Gasteiger partial charge in [-0.3, -0.25) is 4.72 Å². The second kappa shape index (κ2) is 8.19. The van der Waals surface area contributed by atoms with Crippen LogP contribution in [0, 0.1) is 6.92 Å². The van der Waals surface area contributed by atoms with E-state index in [9.17, 15) is 18.3 Å². The first-order valence-electron chi connectivity index (χ1n) is 9.39. The highest BCUT2D eigenvalue weighted by atomic mass is 32.2. The molecule has 10 nitrogen and oxygen atoms in total. The fourth-order valence-electron chi connectivity index (χ4n) is 3.20. The van der Waals surface area contributed by atoms with Gasteiger partial charge in [-0.05, 0) is 36.8 Å². The summed E-state index contributed by atoms with van der Waals surface area (Å²) in [5.74, 6) is -0.377. The van der Waals surface area contributed by atoms with Gasteiger partial charge in [-0.25, -0.2) is 22.7 Å². The standard InChI is InChI=1S/C21H19N5O5S/c1-13-16(21(28)31-2)11-26-19(13)20(22-12-23-26)24-14-8-9-17(18(27)10-14)25-32(29,30)15-6-4-3-5-7-15/h3-12,25,27H,1-2H3,(H,22,23,24). The van der Waals surface area contributed by atoms with E-state index in [2.05, 4.69) is 20.1 Å². The topological polar surface area (TPSA) is 135 Å². The van der Waals surface area contributed by atoms with E-state index in [1.54, 1.807) is 37.4 Å². The van der Waals surface area contributed by atoms with Gasteiger partial charge in [0.1, 0.15) is 17.6 Å². The minimum Gasteiger partial charge on any atom is -0.506 e. The van der Waals surface area contributed by atoms with Crippen LogP contribution in [0.4, 0.5) is 17.2 Å². The third kappa shape index (κ3) is 3.93. The maximum atomic E-state index is 12.5. The van der Waals surface area contributed by atoms with Crippen molar-refractivity contribution >= 4 is 38.7 Å². The number of fused-ring (bicyclic) bond motifs is 1. The number of carbonyl (C=O) groups is 1. The first-order chi connectivity index (χ1) is 15.3. The van der Waals surface area contributed by atoms with Gasteiger partial charge >= 0.3 is 5.97 Å². The number of hydrogen-bond acceptors (Lipinski definition) is 8. The number of sulfonamides is 1. The van der Waals surface area contributed by atoms with Crippen molar-refractivity contribution in [2.45, 2.75) is 11.8 Å². The summed E-state index contributed by atoms with van der Waals surface area (Å²) in [6, 6.07) is 12.2. The number of anilines is 3. The Kier molecular flexibility index (Phi) is 5.41. The van der Waals surface area contributed by atoms with Crippen molar-refractivity contribution in [2.75, 3.05) is 17.1 Å². The smallest absolute Gasteiger partial charge is 0.339 e. The molecular formula is C21H19N5O5S. The van der Waals surface area contributed by atoms with Crippen LogP contribution in [-0.2, 0) is 14.8 Å². The summed E-state index contributed by atoms with van der Waals surface area (Å²) in [4.78, 5) is 16.3. The molecule has 0 aliphatic heterocycles. The van der Waals surface area contributed by atoms with Gasteiger partial charge < -0.3 is 15.2 Å². The zero-order valence-corrected chi connectivity index (χ0v) is 17.9. The van der Waals surface area contributed by atoms with Crippen molar-refractivity contribution in [1.82, 2.24) is 14.6 Å². The van der Waals surface area contributed by atoms with E-state index < -0.39 is 16.0 Å². The van der Waals surface area contributed by atoms with Gasteiger partial charge in [-0.1, -0.05) is 18.2 Å². The first kappa shape index (κ1) is 21.1. The molecule has 11 heteroatoms. The van der Waals surface area contributed by atoms with Gasteiger partial charge in [0.15, 0.2) is 5.82 Å². The van der Waals surface area contributed by atoms with E-state index in [1.807, 2.05) is 0 Å². The van der Waals surface area contributed by atoms with Crippen molar-refractivity contribution in [2.24, 2.45) is 0 Å². The van der Waals surface area contributed by atoms with Crippen LogP contribution in [0.1, 0.15) is 15.9 Å². The SMILES string of the molecule is COC(=O)c1cn2ncnc(Nc3ccc(NS(=O)(=O)c4ccccc4)c(O)c3)c2c1C. The molecule has 0 saturated heterocycles. The molecule has 4 aromatic rings. The lowest BCUT2D eigenvalue weighted by Gasteiger charge is -2.12. The number of aromatic nitrogens is 3. The van der Waals surface area contributed by atoms with Crippen LogP contribution in [-0.4, -0.2) is 41.2 Å². The molecule has 2 heterocycles. The van der Waals surface area contributed by atoms with Gasteiger partial charge in [-0.2, -0.15) is 5.10 Å². The highest BCUT2D eigenvalue weighted by molar-refractivity contribution is 7.92. The molecule has 164 valence electrons. The van der Waals surface area contributed by atoms with E-state index in [0.29, 0.717) is 28.1 Å².